The fourth-order valence-corrected chi connectivity index (χ4v) is 5.07. The lowest BCUT2D eigenvalue weighted by atomic mass is 9.98. The van der Waals surface area contributed by atoms with E-state index in [1.807, 2.05) is 6.07 Å². The second-order valence-electron chi connectivity index (χ2n) is 8.15. The Morgan fingerprint density at radius 2 is 2.17 bits per heavy atom. The van der Waals surface area contributed by atoms with Crippen molar-refractivity contribution >= 4 is 34.4 Å². The lowest BCUT2D eigenvalue weighted by Crippen LogP contribution is -2.45. The molecular formula is C23H25N3O4. The van der Waals surface area contributed by atoms with Gasteiger partial charge in [0.05, 0.1) is 30.4 Å². The molecule has 0 bridgehead atoms. The molecule has 1 fully saturated rings. The first-order chi connectivity index (χ1) is 14.5. The summed E-state index contributed by atoms with van der Waals surface area (Å²) in [6.45, 7) is 6.16. The Balaban J connectivity index is 1.62. The Hall–Kier alpha value is -3.06. The van der Waals surface area contributed by atoms with Crippen molar-refractivity contribution in [2.24, 2.45) is 0 Å². The van der Waals surface area contributed by atoms with Gasteiger partial charge in [0.25, 0.3) is 5.91 Å². The smallest absolute Gasteiger partial charge is 0.337 e. The van der Waals surface area contributed by atoms with Crippen LogP contribution in [0.1, 0.15) is 52.6 Å². The molecule has 1 saturated heterocycles. The standard InChI is InChI=1S/C23H25N3O4/c1-3-13-11-30-9-8-26(13)14-4-7-18-17(10-14)20(22(27)25-18)16-6-5-15-19(23(28)29)12(2)24-21(15)16/h4,7,10,13,24H,3,5-6,8-9,11H2,1-2H3,(H,25,27)(H,28,29)/b20-16-/t13-/m0/s1. The third-order valence-electron chi connectivity index (χ3n) is 6.51. The van der Waals surface area contributed by atoms with Crippen LogP contribution < -0.4 is 10.2 Å². The number of rotatable bonds is 3. The van der Waals surface area contributed by atoms with E-state index in [4.69, 9.17) is 4.74 Å². The van der Waals surface area contributed by atoms with Crippen LogP contribution in [0.4, 0.5) is 11.4 Å². The van der Waals surface area contributed by atoms with E-state index < -0.39 is 5.97 Å². The minimum atomic E-state index is -0.923. The Bertz CT molecular complexity index is 1100. The first-order valence-electron chi connectivity index (χ1n) is 10.5. The van der Waals surface area contributed by atoms with Gasteiger partial charge in [-0.3, -0.25) is 4.79 Å². The number of allylic oxidation sites excluding steroid dienone is 1. The molecule has 0 radical (unpaired) electrons. The zero-order chi connectivity index (χ0) is 21.0. The summed E-state index contributed by atoms with van der Waals surface area (Å²) in [6, 6.07) is 6.44. The van der Waals surface area contributed by atoms with Crippen molar-refractivity contribution in [3.63, 3.8) is 0 Å². The summed E-state index contributed by atoms with van der Waals surface area (Å²) < 4.78 is 5.64. The number of nitrogens with zero attached hydrogens (tertiary/aromatic N) is 1. The van der Waals surface area contributed by atoms with Crippen LogP contribution >= 0.6 is 0 Å². The van der Waals surface area contributed by atoms with Crippen molar-refractivity contribution in [2.45, 2.75) is 39.2 Å². The lowest BCUT2D eigenvalue weighted by Gasteiger charge is -2.37. The normalized spacial score (nSPS) is 22.8. The second-order valence-corrected chi connectivity index (χ2v) is 8.15. The molecule has 3 aliphatic rings. The first-order valence-corrected chi connectivity index (χ1v) is 10.5. The number of carboxylic acids is 1. The molecule has 1 aromatic carbocycles. The highest BCUT2D eigenvalue weighted by molar-refractivity contribution is 6.37. The molecule has 1 atom stereocenters. The van der Waals surface area contributed by atoms with Crippen molar-refractivity contribution in [3.05, 3.63) is 46.3 Å². The van der Waals surface area contributed by atoms with Crippen molar-refractivity contribution in [1.29, 1.82) is 0 Å². The molecule has 5 rings (SSSR count). The van der Waals surface area contributed by atoms with Crippen LogP contribution in [-0.2, 0) is 16.0 Å². The van der Waals surface area contributed by atoms with E-state index in [-0.39, 0.29) is 5.91 Å². The molecule has 3 heterocycles. The molecule has 0 unspecified atom stereocenters. The number of hydrogen-bond acceptors (Lipinski definition) is 4. The SMILES string of the molecule is CC[C@H]1COCCN1c1ccc2c(c1)/C(=C1\CCc3c1[nH]c(C)c3C(=O)O)C(=O)N2. The van der Waals surface area contributed by atoms with E-state index in [0.717, 1.165) is 46.7 Å². The van der Waals surface area contributed by atoms with Crippen LogP contribution in [-0.4, -0.2) is 47.8 Å². The van der Waals surface area contributed by atoms with Crippen LogP contribution in [0.5, 0.6) is 0 Å². The highest BCUT2D eigenvalue weighted by atomic mass is 16.5. The largest absolute Gasteiger partial charge is 0.478 e. The van der Waals surface area contributed by atoms with Crippen LogP contribution in [0.25, 0.3) is 11.1 Å². The van der Waals surface area contributed by atoms with Crippen molar-refractivity contribution < 1.29 is 19.4 Å². The van der Waals surface area contributed by atoms with E-state index in [0.29, 0.717) is 48.9 Å². The van der Waals surface area contributed by atoms with Crippen LogP contribution in [0.2, 0.25) is 0 Å². The number of aromatic nitrogens is 1. The number of carboxylic acid groups (broad SMARTS) is 1. The molecule has 30 heavy (non-hydrogen) atoms. The van der Waals surface area contributed by atoms with Gasteiger partial charge < -0.3 is 25.0 Å². The van der Waals surface area contributed by atoms with E-state index in [1.165, 1.54) is 0 Å². The monoisotopic (exact) mass is 407 g/mol. The Morgan fingerprint density at radius 1 is 1.33 bits per heavy atom. The molecule has 0 saturated carbocycles. The molecule has 7 nitrogen and oxygen atoms in total. The minimum Gasteiger partial charge on any atom is -0.478 e. The highest BCUT2D eigenvalue weighted by Gasteiger charge is 2.35. The number of amides is 1. The van der Waals surface area contributed by atoms with Gasteiger partial charge in [0, 0.05) is 34.9 Å². The van der Waals surface area contributed by atoms with Gasteiger partial charge in [0.1, 0.15) is 0 Å². The van der Waals surface area contributed by atoms with E-state index >= 15 is 0 Å². The molecule has 2 aromatic rings. The quantitative estimate of drug-likeness (QED) is 0.678. The molecule has 3 N–H and O–H groups in total. The molecule has 1 amide bonds. The topological polar surface area (TPSA) is 94.7 Å². The number of fused-ring (bicyclic) bond motifs is 2. The summed E-state index contributed by atoms with van der Waals surface area (Å²) in [6.07, 6.45) is 2.28. The first kappa shape index (κ1) is 18.9. The van der Waals surface area contributed by atoms with Crippen molar-refractivity contribution in [1.82, 2.24) is 4.98 Å². The van der Waals surface area contributed by atoms with Crippen molar-refractivity contribution in [3.8, 4) is 0 Å². The number of aryl methyl sites for hydroxylation is 1. The lowest BCUT2D eigenvalue weighted by molar-refractivity contribution is -0.110. The van der Waals surface area contributed by atoms with Gasteiger partial charge >= 0.3 is 5.97 Å². The predicted molar refractivity (Wildman–Crippen MR) is 115 cm³/mol. The zero-order valence-corrected chi connectivity index (χ0v) is 17.2. The number of benzene rings is 1. The number of H-pyrrole nitrogens is 1. The maximum atomic E-state index is 12.9. The molecule has 2 aliphatic heterocycles. The second kappa shape index (κ2) is 7.02. The summed E-state index contributed by atoms with van der Waals surface area (Å²) >= 11 is 0. The molecule has 0 spiro atoms. The van der Waals surface area contributed by atoms with Crippen LogP contribution in [0.15, 0.2) is 18.2 Å². The zero-order valence-electron chi connectivity index (χ0n) is 17.2. The summed E-state index contributed by atoms with van der Waals surface area (Å²) in [5, 5.41) is 12.6. The average molecular weight is 407 g/mol. The number of carbonyl (C=O) groups is 2. The predicted octanol–water partition coefficient (Wildman–Crippen LogP) is 3.45. The number of carbonyl (C=O) groups excluding carboxylic acids is 1. The average Bonchev–Trinajstić information content (AvgIpc) is 3.37. The number of ether oxygens (including phenoxy) is 1. The summed E-state index contributed by atoms with van der Waals surface area (Å²) in [4.78, 5) is 30.2. The molecular weight excluding hydrogens is 382 g/mol. The molecule has 7 heteroatoms. The number of hydrogen-bond donors (Lipinski definition) is 3. The summed E-state index contributed by atoms with van der Waals surface area (Å²) in [5.41, 5.74) is 6.93. The van der Waals surface area contributed by atoms with Gasteiger partial charge in [0.15, 0.2) is 0 Å². The summed E-state index contributed by atoms with van der Waals surface area (Å²) in [7, 11) is 0. The van der Waals surface area contributed by atoms with E-state index in [9.17, 15) is 14.7 Å². The summed E-state index contributed by atoms with van der Waals surface area (Å²) in [5.74, 6) is -1.05. The maximum Gasteiger partial charge on any atom is 0.337 e. The number of morpholine rings is 1. The van der Waals surface area contributed by atoms with Gasteiger partial charge in [-0.1, -0.05) is 6.92 Å². The molecule has 1 aromatic heterocycles. The maximum absolute atomic E-state index is 12.9. The van der Waals surface area contributed by atoms with Gasteiger partial charge in [-0.25, -0.2) is 4.79 Å². The third-order valence-corrected chi connectivity index (χ3v) is 6.51. The number of aromatic amines is 1. The Kier molecular flexibility index (Phi) is 4.43. The van der Waals surface area contributed by atoms with Gasteiger partial charge in [-0.2, -0.15) is 0 Å². The van der Waals surface area contributed by atoms with Gasteiger partial charge in [-0.05, 0) is 55.5 Å². The Morgan fingerprint density at radius 3 is 2.93 bits per heavy atom. The van der Waals surface area contributed by atoms with Gasteiger partial charge in [0.2, 0.25) is 0 Å². The van der Waals surface area contributed by atoms with Crippen LogP contribution in [0.3, 0.4) is 0 Å². The fraction of sp³-hybridized carbons (Fsp3) is 0.391. The Labute approximate surface area is 174 Å². The fourth-order valence-electron chi connectivity index (χ4n) is 5.07. The number of aromatic carboxylic acids is 1. The van der Waals surface area contributed by atoms with Crippen molar-refractivity contribution in [2.75, 3.05) is 30.0 Å². The third kappa shape index (κ3) is 2.76. The number of anilines is 2. The molecule has 156 valence electrons. The van der Waals surface area contributed by atoms with Crippen LogP contribution in [0, 0.1) is 6.92 Å². The van der Waals surface area contributed by atoms with E-state index in [1.54, 1.807) is 6.92 Å². The van der Waals surface area contributed by atoms with Gasteiger partial charge in [-0.15, -0.1) is 0 Å². The molecule has 1 aliphatic carbocycles. The van der Waals surface area contributed by atoms with E-state index in [2.05, 4.69) is 34.3 Å². The number of nitrogens with one attached hydrogen (secondary N) is 2. The minimum absolute atomic E-state index is 0.122. The highest BCUT2D eigenvalue weighted by Crippen LogP contribution is 2.45.